The lowest BCUT2D eigenvalue weighted by molar-refractivity contribution is 0.444. The number of anilines is 3. The van der Waals surface area contributed by atoms with E-state index < -0.39 is 0 Å². The third kappa shape index (κ3) is 3.59. The van der Waals surface area contributed by atoms with E-state index >= 15 is 0 Å². The van der Waals surface area contributed by atoms with E-state index in [2.05, 4.69) is 26.6 Å². The van der Waals surface area contributed by atoms with Gasteiger partial charge in [-0.15, -0.1) is 0 Å². The molecule has 5 nitrogen and oxygen atoms in total. The second kappa shape index (κ2) is 7.48. The Bertz CT molecular complexity index is 744. The Kier molecular flexibility index (Phi) is 4.91. The summed E-state index contributed by atoms with van der Waals surface area (Å²) >= 11 is 0. The Morgan fingerprint density at radius 3 is 2.50 bits per heavy atom. The van der Waals surface area contributed by atoms with Crippen molar-refractivity contribution >= 4 is 17.5 Å². The highest BCUT2D eigenvalue weighted by Gasteiger charge is 2.23. The Morgan fingerprint density at radius 2 is 1.73 bits per heavy atom. The monoisotopic (exact) mass is 355 g/mol. The first kappa shape index (κ1) is 17.1. The largest absolute Gasteiger partial charge is 0.366 e. The van der Waals surface area contributed by atoms with Gasteiger partial charge in [0.05, 0.1) is 5.69 Å². The van der Waals surface area contributed by atoms with Crippen molar-refractivity contribution in [1.29, 1.82) is 0 Å². The number of piperazine rings is 1. The summed E-state index contributed by atoms with van der Waals surface area (Å²) in [6.07, 6.45) is 4.38. The average molecular weight is 355 g/mol. The first-order chi connectivity index (χ1) is 12.7. The number of halogens is 1. The van der Waals surface area contributed by atoms with E-state index in [1.165, 1.54) is 18.9 Å². The Balaban J connectivity index is 1.43. The highest BCUT2D eigenvalue weighted by molar-refractivity contribution is 5.50. The van der Waals surface area contributed by atoms with E-state index in [1.807, 2.05) is 24.4 Å². The van der Waals surface area contributed by atoms with Crippen LogP contribution in [-0.4, -0.2) is 49.2 Å². The molecular formula is C20H26FN5. The van der Waals surface area contributed by atoms with Crippen molar-refractivity contribution in [3.8, 4) is 0 Å². The number of hydrogen-bond donors (Lipinski definition) is 0. The van der Waals surface area contributed by atoms with Crippen LogP contribution in [0, 0.1) is 11.7 Å². The smallest absolute Gasteiger partial charge is 0.227 e. The maximum atomic E-state index is 14.0. The average Bonchev–Trinajstić information content (AvgIpc) is 2.69. The molecule has 2 aliphatic heterocycles. The molecule has 0 amide bonds. The standard InChI is InChI=1S/C20H26FN5/c1-16-5-4-10-26(15-16)19-8-9-22-20(23-19)25-13-11-24(12-14-25)18-7-3-2-6-17(18)21/h2-3,6-9,16H,4-5,10-15H2,1H3. The van der Waals surface area contributed by atoms with Crippen LogP contribution in [-0.2, 0) is 0 Å². The third-order valence-electron chi connectivity index (χ3n) is 5.36. The molecule has 0 aliphatic carbocycles. The van der Waals surface area contributed by atoms with E-state index in [0.29, 0.717) is 11.6 Å². The van der Waals surface area contributed by atoms with Gasteiger partial charge in [-0.05, 0) is 37.0 Å². The fourth-order valence-electron chi connectivity index (χ4n) is 3.92. The van der Waals surface area contributed by atoms with E-state index in [0.717, 1.165) is 51.0 Å². The summed E-state index contributed by atoms with van der Waals surface area (Å²) in [6.45, 7) is 7.59. The number of piperidine rings is 1. The summed E-state index contributed by atoms with van der Waals surface area (Å²) in [5, 5.41) is 0. The molecule has 1 aromatic carbocycles. The SMILES string of the molecule is CC1CCCN(c2ccnc(N3CCN(c4ccccc4F)CC3)n2)C1. The van der Waals surface area contributed by atoms with E-state index in [9.17, 15) is 4.39 Å². The van der Waals surface area contributed by atoms with Crippen molar-refractivity contribution in [1.82, 2.24) is 9.97 Å². The number of para-hydroxylation sites is 1. The Morgan fingerprint density at radius 1 is 0.962 bits per heavy atom. The summed E-state index contributed by atoms with van der Waals surface area (Å²) in [7, 11) is 0. The maximum absolute atomic E-state index is 14.0. The van der Waals surface area contributed by atoms with Crippen LogP contribution >= 0.6 is 0 Å². The molecule has 3 heterocycles. The van der Waals surface area contributed by atoms with Gasteiger partial charge in [-0.1, -0.05) is 19.1 Å². The fraction of sp³-hybridized carbons (Fsp3) is 0.500. The quantitative estimate of drug-likeness (QED) is 0.845. The molecule has 2 aliphatic rings. The fourth-order valence-corrected chi connectivity index (χ4v) is 3.92. The zero-order valence-corrected chi connectivity index (χ0v) is 15.3. The molecule has 4 rings (SSSR count). The number of rotatable bonds is 3. The van der Waals surface area contributed by atoms with Gasteiger partial charge in [-0.3, -0.25) is 0 Å². The zero-order chi connectivity index (χ0) is 17.9. The third-order valence-corrected chi connectivity index (χ3v) is 5.36. The van der Waals surface area contributed by atoms with Crippen LogP contribution < -0.4 is 14.7 Å². The van der Waals surface area contributed by atoms with Gasteiger partial charge in [-0.2, -0.15) is 4.98 Å². The van der Waals surface area contributed by atoms with E-state index in [-0.39, 0.29) is 5.82 Å². The molecule has 138 valence electrons. The second-order valence-electron chi connectivity index (χ2n) is 7.33. The van der Waals surface area contributed by atoms with Crippen LogP contribution in [0.15, 0.2) is 36.5 Å². The minimum atomic E-state index is -0.154. The number of hydrogen-bond acceptors (Lipinski definition) is 5. The van der Waals surface area contributed by atoms with Crippen molar-refractivity contribution in [3.63, 3.8) is 0 Å². The van der Waals surface area contributed by atoms with E-state index in [4.69, 9.17) is 4.98 Å². The van der Waals surface area contributed by atoms with Crippen LogP contribution in [0.1, 0.15) is 19.8 Å². The molecule has 1 atom stereocenters. The molecule has 2 fully saturated rings. The minimum absolute atomic E-state index is 0.154. The van der Waals surface area contributed by atoms with Crippen LogP contribution in [0.5, 0.6) is 0 Å². The summed E-state index contributed by atoms with van der Waals surface area (Å²) in [5.41, 5.74) is 0.684. The van der Waals surface area contributed by atoms with Crippen LogP contribution in [0.2, 0.25) is 0 Å². The van der Waals surface area contributed by atoms with Gasteiger partial charge in [0.1, 0.15) is 11.6 Å². The molecule has 0 N–H and O–H groups in total. The molecule has 0 saturated carbocycles. The predicted octanol–water partition coefficient (Wildman–Crippen LogP) is 3.18. The van der Waals surface area contributed by atoms with Crippen molar-refractivity contribution in [3.05, 3.63) is 42.3 Å². The lowest BCUT2D eigenvalue weighted by Gasteiger charge is -2.37. The summed E-state index contributed by atoms with van der Waals surface area (Å²) in [6, 6.07) is 9.00. The number of aromatic nitrogens is 2. The molecule has 0 radical (unpaired) electrons. The minimum Gasteiger partial charge on any atom is -0.366 e. The van der Waals surface area contributed by atoms with Crippen LogP contribution in [0.4, 0.5) is 21.8 Å². The maximum Gasteiger partial charge on any atom is 0.227 e. The zero-order valence-electron chi connectivity index (χ0n) is 15.3. The topological polar surface area (TPSA) is 35.5 Å². The van der Waals surface area contributed by atoms with Crippen LogP contribution in [0.25, 0.3) is 0 Å². The second-order valence-corrected chi connectivity index (χ2v) is 7.33. The van der Waals surface area contributed by atoms with Gasteiger partial charge in [0.2, 0.25) is 5.95 Å². The summed E-state index contributed by atoms with van der Waals surface area (Å²) < 4.78 is 14.0. The van der Waals surface area contributed by atoms with Crippen molar-refractivity contribution in [2.75, 3.05) is 54.0 Å². The molecule has 1 unspecified atom stereocenters. The molecule has 2 aromatic rings. The lowest BCUT2D eigenvalue weighted by atomic mass is 10.0. The van der Waals surface area contributed by atoms with Crippen molar-refractivity contribution in [2.45, 2.75) is 19.8 Å². The number of benzene rings is 1. The Hall–Kier alpha value is -2.37. The molecule has 1 aromatic heterocycles. The highest BCUT2D eigenvalue weighted by Crippen LogP contribution is 2.24. The number of nitrogens with zero attached hydrogens (tertiary/aromatic N) is 5. The van der Waals surface area contributed by atoms with Gasteiger partial charge >= 0.3 is 0 Å². The molecule has 2 saturated heterocycles. The molecule has 0 spiro atoms. The first-order valence-electron chi connectivity index (χ1n) is 9.53. The molecular weight excluding hydrogens is 329 g/mol. The highest BCUT2D eigenvalue weighted by atomic mass is 19.1. The normalized spacial score (nSPS) is 21.2. The van der Waals surface area contributed by atoms with Gasteiger partial charge in [-0.25, -0.2) is 9.37 Å². The molecule has 6 heteroatoms. The lowest BCUT2D eigenvalue weighted by Crippen LogP contribution is -2.47. The molecule has 0 bridgehead atoms. The van der Waals surface area contributed by atoms with Gasteiger partial charge in [0.15, 0.2) is 0 Å². The van der Waals surface area contributed by atoms with E-state index in [1.54, 1.807) is 6.07 Å². The summed E-state index contributed by atoms with van der Waals surface area (Å²) in [4.78, 5) is 16.0. The Labute approximate surface area is 154 Å². The van der Waals surface area contributed by atoms with Gasteiger partial charge in [0.25, 0.3) is 0 Å². The van der Waals surface area contributed by atoms with Gasteiger partial charge in [0, 0.05) is 45.5 Å². The predicted molar refractivity (Wildman–Crippen MR) is 103 cm³/mol. The first-order valence-corrected chi connectivity index (χ1v) is 9.53. The van der Waals surface area contributed by atoms with Gasteiger partial charge < -0.3 is 14.7 Å². The van der Waals surface area contributed by atoms with Crippen molar-refractivity contribution in [2.24, 2.45) is 5.92 Å². The molecule has 26 heavy (non-hydrogen) atoms. The van der Waals surface area contributed by atoms with Crippen molar-refractivity contribution < 1.29 is 4.39 Å². The summed E-state index contributed by atoms with van der Waals surface area (Å²) in [5.74, 6) is 2.37. The van der Waals surface area contributed by atoms with Crippen LogP contribution in [0.3, 0.4) is 0 Å².